The molecule has 0 radical (unpaired) electrons. The highest BCUT2D eigenvalue weighted by Gasteiger charge is 2.31. The van der Waals surface area contributed by atoms with Crippen molar-refractivity contribution >= 4 is 0 Å². The lowest BCUT2D eigenvalue weighted by Crippen LogP contribution is -2.44. The highest BCUT2D eigenvalue weighted by Crippen LogP contribution is 2.25. The second-order valence-electron chi connectivity index (χ2n) is 5.27. The van der Waals surface area contributed by atoms with Gasteiger partial charge in [-0.3, -0.25) is 0 Å². The van der Waals surface area contributed by atoms with E-state index in [1.165, 1.54) is 0 Å². The molecule has 6 heteroatoms. The van der Waals surface area contributed by atoms with Crippen molar-refractivity contribution in [3.63, 3.8) is 0 Å². The van der Waals surface area contributed by atoms with Crippen LogP contribution >= 0.6 is 0 Å². The summed E-state index contributed by atoms with van der Waals surface area (Å²) in [7, 11) is 1.57. The Kier molecular flexibility index (Phi) is 5.81. The van der Waals surface area contributed by atoms with E-state index in [2.05, 4.69) is 5.32 Å². The van der Waals surface area contributed by atoms with Gasteiger partial charge in [0.1, 0.15) is 18.3 Å². The molecule has 1 aromatic carbocycles. The number of para-hydroxylation sites is 2. The number of nitrogens with one attached hydrogen (secondary N) is 1. The van der Waals surface area contributed by atoms with Gasteiger partial charge in [-0.15, -0.1) is 0 Å². The van der Waals surface area contributed by atoms with Crippen molar-refractivity contribution in [2.24, 2.45) is 0 Å². The van der Waals surface area contributed by atoms with Gasteiger partial charge < -0.3 is 29.7 Å². The molecular weight excluding hydrogens is 274 g/mol. The minimum Gasteiger partial charge on any atom is -0.493 e. The summed E-state index contributed by atoms with van der Waals surface area (Å²) in [5.74, 6) is 1.23. The number of benzene rings is 1. The van der Waals surface area contributed by atoms with Crippen LogP contribution in [0.2, 0.25) is 0 Å². The molecule has 0 spiro atoms. The third kappa shape index (κ3) is 4.86. The predicted molar refractivity (Wildman–Crippen MR) is 77.8 cm³/mol. The van der Waals surface area contributed by atoms with Crippen LogP contribution in [0.5, 0.6) is 11.5 Å². The maximum Gasteiger partial charge on any atom is 0.161 e. The molecule has 118 valence electrons. The van der Waals surface area contributed by atoms with Crippen molar-refractivity contribution in [1.29, 1.82) is 0 Å². The Morgan fingerprint density at radius 1 is 1.38 bits per heavy atom. The van der Waals surface area contributed by atoms with Gasteiger partial charge in [-0.25, -0.2) is 0 Å². The molecule has 0 amide bonds. The molecule has 1 saturated heterocycles. The summed E-state index contributed by atoms with van der Waals surface area (Å²) in [5.41, 5.74) is -0.816. The number of hydrogen-bond acceptors (Lipinski definition) is 6. The molecule has 1 heterocycles. The Hall–Kier alpha value is -1.34. The lowest BCUT2D eigenvalue weighted by atomic mass is 10.0. The van der Waals surface area contributed by atoms with Crippen LogP contribution in [0.1, 0.15) is 6.42 Å². The number of aliphatic hydroxyl groups excluding tert-OH is 1. The fourth-order valence-electron chi connectivity index (χ4n) is 2.19. The van der Waals surface area contributed by atoms with Crippen molar-refractivity contribution in [3.05, 3.63) is 24.3 Å². The fourth-order valence-corrected chi connectivity index (χ4v) is 2.19. The van der Waals surface area contributed by atoms with Gasteiger partial charge in [0.2, 0.25) is 0 Å². The minimum absolute atomic E-state index is 0.155. The van der Waals surface area contributed by atoms with E-state index in [9.17, 15) is 10.2 Å². The van der Waals surface area contributed by atoms with Crippen LogP contribution in [0.15, 0.2) is 24.3 Å². The van der Waals surface area contributed by atoms with Crippen LogP contribution in [0, 0.1) is 0 Å². The van der Waals surface area contributed by atoms with E-state index in [4.69, 9.17) is 14.2 Å². The Morgan fingerprint density at radius 3 is 2.81 bits per heavy atom. The summed E-state index contributed by atoms with van der Waals surface area (Å²) in [6.07, 6.45) is -0.0470. The first-order chi connectivity index (χ1) is 10.1. The van der Waals surface area contributed by atoms with Crippen LogP contribution in [0.3, 0.4) is 0 Å². The molecule has 21 heavy (non-hydrogen) atoms. The Balaban J connectivity index is 1.68. The molecule has 1 aromatic rings. The number of methoxy groups -OCH3 is 1. The average Bonchev–Trinajstić information content (AvgIpc) is 2.92. The molecule has 6 nitrogen and oxygen atoms in total. The van der Waals surface area contributed by atoms with Crippen LogP contribution in [0.4, 0.5) is 0 Å². The highest BCUT2D eigenvalue weighted by atomic mass is 16.5. The summed E-state index contributed by atoms with van der Waals surface area (Å²) in [5, 5.41) is 23.0. The molecule has 0 aliphatic carbocycles. The van der Waals surface area contributed by atoms with Crippen molar-refractivity contribution < 1.29 is 24.4 Å². The Bertz CT molecular complexity index is 434. The molecule has 0 aromatic heterocycles. The summed E-state index contributed by atoms with van der Waals surface area (Å²) < 4.78 is 15.9. The predicted octanol–water partition coefficient (Wildman–Crippen LogP) is 0.176. The van der Waals surface area contributed by atoms with Gasteiger partial charge in [-0.05, 0) is 12.1 Å². The summed E-state index contributed by atoms with van der Waals surface area (Å²) in [6, 6.07) is 7.29. The zero-order valence-corrected chi connectivity index (χ0v) is 12.2. The third-order valence-corrected chi connectivity index (χ3v) is 3.42. The lowest BCUT2D eigenvalue weighted by molar-refractivity contribution is 0.0226. The molecule has 2 unspecified atom stereocenters. The van der Waals surface area contributed by atoms with Crippen LogP contribution in [-0.4, -0.2) is 61.9 Å². The van der Waals surface area contributed by atoms with Gasteiger partial charge >= 0.3 is 0 Å². The van der Waals surface area contributed by atoms with E-state index >= 15 is 0 Å². The molecule has 2 atom stereocenters. The summed E-state index contributed by atoms with van der Waals surface area (Å²) >= 11 is 0. The monoisotopic (exact) mass is 297 g/mol. The second-order valence-corrected chi connectivity index (χ2v) is 5.27. The van der Waals surface area contributed by atoms with E-state index in [-0.39, 0.29) is 6.61 Å². The largest absolute Gasteiger partial charge is 0.493 e. The Labute approximate surface area is 124 Å². The van der Waals surface area contributed by atoms with Crippen LogP contribution < -0.4 is 14.8 Å². The van der Waals surface area contributed by atoms with Crippen molar-refractivity contribution in [2.75, 3.05) is 40.0 Å². The van der Waals surface area contributed by atoms with Crippen LogP contribution in [0.25, 0.3) is 0 Å². The van der Waals surface area contributed by atoms with E-state index in [0.717, 1.165) is 0 Å². The molecule has 3 N–H and O–H groups in total. The van der Waals surface area contributed by atoms with Crippen molar-refractivity contribution in [2.45, 2.75) is 18.1 Å². The molecule has 2 rings (SSSR count). The Morgan fingerprint density at radius 2 is 2.14 bits per heavy atom. The summed E-state index contributed by atoms with van der Waals surface area (Å²) in [4.78, 5) is 0. The second kappa shape index (κ2) is 7.61. The van der Waals surface area contributed by atoms with Gasteiger partial charge in [0.15, 0.2) is 11.5 Å². The lowest BCUT2D eigenvalue weighted by Gasteiger charge is -2.22. The number of ether oxygens (including phenoxy) is 3. The topological polar surface area (TPSA) is 80.2 Å². The molecule has 0 saturated carbocycles. The van der Waals surface area contributed by atoms with Gasteiger partial charge in [0, 0.05) is 26.1 Å². The normalized spacial score (nSPS) is 23.0. The van der Waals surface area contributed by atoms with Gasteiger partial charge in [0.05, 0.1) is 13.7 Å². The average molecular weight is 297 g/mol. The van der Waals surface area contributed by atoms with Gasteiger partial charge in [-0.2, -0.15) is 0 Å². The standard InChI is InChI=1S/C15H23NO5/c1-19-13-4-2-3-5-14(13)21-9-12(17)8-16-10-15(18)6-7-20-11-15/h2-5,12,16-18H,6-11H2,1H3. The summed E-state index contributed by atoms with van der Waals surface area (Å²) in [6.45, 7) is 1.82. The van der Waals surface area contributed by atoms with E-state index < -0.39 is 11.7 Å². The molecule has 1 aliphatic heterocycles. The molecular formula is C15H23NO5. The minimum atomic E-state index is -0.816. The quantitative estimate of drug-likeness (QED) is 0.635. The SMILES string of the molecule is COc1ccccc1OCC(O)CNCC1(O)CCOC1. The third-order valence-electron chi connectivity index (χ3n) is 3.42. The van der Waals surface area contributed by atoms with Crippen molar-refractivity contribution in [1.82, 2.24) is 5.32 Å². The highest BCUT2D eigenvalue weighted by molar-refractivity contribution is 5.39. The van der Waals surface area contributed by atoms with Gasteiger partial charge in [-0.1, -0.05) is 12.1 Å². The van der Waals surface area contributed by atoms with E-state index in [0.29, 0.717) is 44.2 Å². The zero-order chi connectivity index (χ0) is 15.1. The fraction of sp³-hybridized carbons (Fsp3) is 0.600. The number of aliphatic hydroxyl groups is 2. The maximum absolute atomic E-state index is 10.1. The van der Waals surface area contributed by atoms with Crippen molar-refractivity contribution in [3.8, 4) is 11.5 Å². The zero-order valence-electron chi connectivity index (χ0n) is 12.2. The molecule has 0 bridgehead atoms. The molecule has 1 fully saturated rings. The van der Waals surface area contributed by atoms with E-state index in [1.807, 2.05) is 12.1 Å². The van der Waals surface area contributed by atoms with Crippen LogP contribution in [-0.2, 0) is 4.74 Å². The first kappa shape index (κ1) is 16.0. The maximum atomic E-state index is 10.1. The number of hydrogen-bond donors (Lipinski definition) is 3. The molecule has 1 aliphatic rings. The van der Waals surface area contributed by atoms with Gasteiger partial charge in [0.25, 0.3) is 0 Å². The van der Waals surface area contributed by atoms with E-state index in [1.54, 1.807) is 19.2 Å². The first-order valence-electron chi connectivity index (χ1n) is 7.08. The first-order valence-corrected chi connectivity index (χ1v) is 7.08. The smallest absolute Gasteiger partial charge is 0.161 e. The number of rotatable bonds is 8.